The van der Waals surface area contributed by atoms with Crippen LogP contribution in [0.15, 0.2) is 49.6 Å². The minimum absolute atomic E-state index is 0.00127. The molecule has 2 N–H and O–H groups in total. The summed E-state index contributed by atoms with van der Waals surface area (Å²) in [5.41, 5.74) is 0.00437. The van der Waals surface area contributed by atoms with E-state index in [1.807, 2.05) is 32.0 Å². The lowest BCUT2D eigenvalue weighted by atomic mass is 9.60. The first-order valence-electron chi connectivity index (χ1n) is 9.94. The Kier molecular flexibility index (Phi) is 7.62. The molecule has 0 unspecified atom stereocenters. The van der Waals surface area contributed by atoms with E-state index < -0.39 is 34.9 Å². The van der Waals surface area contributed by atoms with Crippen LogP contribution in [0, 0.1) is 5.41 Å². The van der Waals surface area contributed by atoms with Crippen molar-refractivity contribution in [3.63, 3.8) is 0 Å². The van der Waals surface area contributed by atoms with Crippen molar-refractivity contribution in [1.29, 1.82) is 0 Å². The Bertz CT molecular complexity index is 865. The summed E-state index contributed by atoms with van der Waals surface area (Å²) in [5, 5.41) is 13.1. The summed E-state index contributed by atoms with van der Waals surface area (Å²) in [7, 11) is 1.21. The van der Waals surface area contributed by atoms with Crippen LogP contribution in [0.2, 0.25) is 0 Å². The summed E-state index contributed by atoms with van der Waals surface area (Å²) in [6, 6.07) is 7.33. The number of nitrogens with zero attached hydrogens (tertiary/aromatic N) is 1. The van der Waals surface area contributed by atoms with Crippen molar-refractivity contribution in [1.82, 2.24) is 5.32 Å². The van der Waals surface area contributed by atoms with Gasteiger partial charge in [-0.05, 0) is 23.5 Å². The number of benzene rings is 1. The number of hydrogen-bond acceptors (Lipinski definition) is 6. The number of rotatable bonds is 9. The van der Waals surface area contributed by atoms with Crippen molar-refractivity contribution >= 4 is 23.7 Å². The molecule has 0 aromatic heterocycles. The van der Waals surface area contributed by atoms with E-state index in [2.05, 4.69) is 23.2 Å². The van der Waals surface area contributed by atoms with E-state index in [9.17, 15) is 19.5 Å². The Morgan fingerprint density at radius 1 is 1.32 bits per heavy atom. The Morgan fingerprint density at radius 3 is 2.61 bits per heavy atom. The Morgan fingerprint density at radius 2 is 2.00 bits per heavy atom. The molecule has 0 radical (unpaired) electrons. The van der Waals surface area contributed by atoms with E-state index in [0.717, 1.165) is 5.56 Å². The van der Waals surface area contributed by atoms with Crippen LogP contribution in [0.3, 0.4) is 0 Å². The summed E-state index contributed by atoms with van der Waals surface area (Å²) in [5.74, 6) is -1.32. The molecule has 1 aliphatic heterocycles. The minimum Gasteiger partial charge on any atom is -0.468 e. The van der Waals surface area contributed by atoms with Gasteiger partial charge in [0, 0.05) is 12.0 Å². The standard InChI is InChI=1S/C23H30N2O6/c1-6-12-31-21(29)25-15-23(22(3,4)7-2,16-10-8-9-11-17(16)25)13-18(26)20(28)24-14-19(27)30-5/h6-11,18,26H,1-2,12-15H2,3-5H3,(H,24,28)/t18-,23+/m1/s1. The van der Waals surface area contributed by atoms with Gasteiger partial charge in [0.2, 0.25) is 5.91 Å². The predicted octanol–water partition coefficient (Wildman–Crippen LogP) is 2.32. The Labute approximate surface area is 182 Å². The molecule has 168 valence electrons. The zero-order valence-electron chi connectivity index (χ0n) is 18.2. The van der Waals surface area contributed by atoms with Crippen LogP contribution in [0.25, 0.3) is 0 Å². The van der Waals surface area contributed by atoms with E-state index in [1.54, 1.807) is 12.1 Å². The fraction of sp³-hybridized carbons (Fsp3) is 0.435. The molecule has 2 amide bonds. The third kappa shape index (κ3) is 4.80. The second kappa shape index (κ2) is 9.78. The quantitative estimate of drug-likeness (QED) is 0.460. The maximum atomic E-state index is 12.7. The normalized spacial score (nSPS) is 18.5. The molecule has 31 heavy (non-hydrogen) atoms. The fourth-order valence-electron chi connectivity index (χ4n) is 3.88. The lowest BCUT2D eigenvalue weighted by Gasteiger charge is -2.44. The average Bonchev–Trinajstić information content (AvgIpc) is 3.11. The first kappa shape index (κ1) is 24.1. The van der Waals surface area contributed by atoms with E-state index in [0.29, 0.717) is 5.69 Å². The SMILES string of the molecule is C=CCOC(=O)N1C[C@](C[C@@H](O)C(=O)NCC(=O)OC)(C(C)(C)C=C)c2ccccc21. The molecule has 0 aliphatic carbocycles. The van der Waals surface area contributed by atoms with Crippen molar-refractivity contribution < 1.29 is 29.0 Å². The molecule has 1 aromatic rings. The van der Waals surface area contributed by atoms with Gasteiger partial charge >= 0.3 is 12.1 Å². The van der Waals surface area contributed by atoms with Crippen LogP contribution in [-0.2, 0) is 24.5 Å². The number of esters is 1. The molecular weight excluding hydrogens is 400 g/mol. The number of allylic oxidation sites excluding steroid dienone is 1. The number of carbonyl (C=O) groups excluding carboxylic acids is 3. The van der Waals surface area contributed by atoms with E-state index in [1.165, 1.54) is 18.1 Å². The van der Waals surface area contributed by atoms with Gasteiger partial charge in [0.25, 0.3) is 0 Å². The molecule has 0 saturated carbocycles. The summed E-state index contributed by atoms with van der Waals surface area (Å²) in [4.78, 5) is 38.0. The fourth-order valence-corrected chi connectivity index (χ4v) is 3.88. The van der Waals surface area contributed by atoms with Crippen molar-refractivity contribution in [2.24, 2.45) is 5.41 Å². The van der Waals surface area contributed by atoms with Crippen molar-refractivity contribution in [3.05, 3.63) is 55.1 Å². The smallest absolute Gasteiger partial charge is 0.414 e. The zero-order chi connectivity index (χ0) is 23.2. The van der Waals surface area contributed by atoms with Crippen molar-refractivity contribution in [2.75, 3.05) is 31.7 Å². The van der Waals surface area contributed by atoms with Crippen molar-refractivity contribution in [3.8, 4) is 0 Å². The number of anilines is 1. The number of aliphatic hydroxyl groups is 1. The third-order valence-corrected chi connectivity index (χ3v) is 5.91. The van der Waals surface area contributed by atoms with Gasteiger partial charge in [-0.15, -0.1) is 6.58 Å². The van der Waals surface area contributed by atoms with E-state index in [-0.39, 0.29) is 26.1 Å². The summed E-state index contributed by atoms with van der Waals surface area (Å²) >= 11 is 0. The lowest BCUT2D eigenvalue weighted by Crippen LogP contribution is -2.50. The molecule has 1 heterocycles. The summed E-state index contributed by atoms with van der Waals surface area (Å²) < 4.78 is 9.76. The number of ether oxygens (including phenoxy) is 2. The Balaban J connectivity index is 2.43. The van der Waals surface area contributed by atoms with Gasteiger partial charge in [-0.25, -0.2) is 4.79 Å². The van der Waals surface area contributed by atoms with Gasteiger partial charge in [-0.1, -0.05) is 50.8 Å². The van der Waals surface area contributed by atoms with Crippen LogP contribution in [0.5, 0.6) is 0 Å². The van der Waals surface area contributed by atoms with Crippen LogP contribution < -0.4 is 10.2 Å². The number of amides is 2. The number of para-hydroxylation sites is 1. The summed E-state index contributed by atoms with van der Waals surface area (Å²) in [6.45, 7) is 11.3. The summed E-state index contributed by atoms with van der Waals surface area (Å²) in [6.07, 6.45) is 1.26. The topological polar surface area (TPSA) is 105 Å². The third-order valence-electron chi connectivity index (χ3n) is 5.91. The van der Waals surface area contributed by atoms with Gasteiger partial charge in [0.15, 0.2) is 0 Å². The largest absolute Gasteiger partial charge is 0.468 e. The average molecular weight is 431 g/mol. The first-order chi connectivity index (χ1) is 14.6. The second-order valence-corrected chi connectivity index (χ2v) is 7.99. The van der Waals surface area contributed by atoms with Gasteiger partial charge in [-0.3, -0.25) is 14.5 Å². The Hall–Kier alpha value is -3.13. The monoisotopic (exact) mass is 430 g/mol. The first-order valence-corrected chi connectivity index (χ1v) is 9.94. The maximum absolute atomic E-state index is 12.7. The van der Waals surface area contributed by atoms with E-state index >= 15 is 0 Å². The highest BCUT2D eigenvalue weighted by Gasteiger charge is 2.54. The number of carbonyl (C=O) groups is 3. The molecule has 2 rings (SSSR count). The minimum atomic E-state index is -1.43. The number of hydrogen-bond donors (Lipinski definition) is 2. The number of aliphatic hydroxyl groups excluding tert-OH is 1. The highest BCUT2D eigenvalue weighted by molar-refractivity contribution is 5.92. The predicted molar refractivity (Wildman–Crippen MR) is 117 cm³/mol. The number of methoxy groups -OCH3 is 1. The molecular formula is C23H30N2O6. The molecule has 0 spiro atoms. The molecule has 2 atom stereocenters. The van der Waals surface area contributed by atoms with Gasteiger partial charge in [0.1, 0.15) is 19.3 Å². The zero-order valence-corrected chi connectivity index (χ0v) is 18.2. The highest BCUT2D eigenvalue weighted by Crippen LogP contribution is 2.54. The molecule has 8 nitrogen and oxygen atoms in total. The van der Waals surface area contributed by atoms with Crippen LogP contribution in [-0.4, -0.2) is 56.0 Å². The van der Waals surface area contributed by atoms with Gasteiger partial charge < -0.3 is 19.9 Å². The van der Waals surface area contributed by atoms with Crippen LogP contribution >= 0.6 is 0 Å². The number of nitrogens with one attached hydrogen (secondary N) is 1. The van der Waals surface area contributed by atoms with Crippen LogP contribution in [0.4, 0.5) is 10.5 Å². The van der Waals surface area contributed by atoms with Crippen LogP contribution in [0.1, 0.15) is 25.8 Å². The molecule has 0 bridgehead atoms. The van der Waals surface area contributed by atoms with E-state index in [4.69, 9.17) is 4.74 Å². The van der Waals surface area contributed by atoms with Gasteiger partial charge in [0.05, 0.1) is 12.8 Å². The molecule has 8 heteroatoms. The lowest BCUT2D eigenvalue weighted by molar-refractivity contribution is -0.142. The second-order valence-electron chi connectivity index (χ2n) is 7.99. The highest BCUT2D eigenvalue weighted by atomic mass is 16.6. The molecule has 0 saturated heterocycles. The van der Waals surface area contributed by atoms with Crippen molar-refractivity contribution in [2.45, 2.75) is 31.8 Å². The number of fused-ring (bicyclic) bond motifs is 1. The van der Waals surface area contributed by atoms with Gasteiger partial charge in [-0.2, -0.15) is 0 Å². The molecule has 1 aliphatic rings. The molecule has 1 aromatic carbocycles. The maximum Gasteiger partial charge on any atom is 0.414 e. The molecule has 0 fully saturated rings.